The van der Waals surface area contributed by atoms with Crippen LogP contribution in [0, 0.1) is 0 Å². The molecule has 0 heterocycles. The van der Waals surface area contributed by atoms with Crippen molar-refractivity contribution in [2.45, 2.75) is 32.5 Å². The first-order chi connectivity index (χ1) is 8.74. The highest BCUT2D eigenvalue weighted by Crippen LogP contribution is 2.31. The minimum atomic E-state index is -4.28. The second kappa shape index (κ2) is 6.48. The standard InChI is InChI=1S/C13H17ClF3NO/c1-3-6-18(8-13(15,16)17)12-5-4-10(9(2)19)7-11(12)14/h4-5,7,9,19H,3,6,8H2,1-2H3. The Morgan fingerprint density at radius 3 is 2.42 bits per heavy atom. The van der Waals surface area contributed by atoms with Gasteiger partial charge in [-0.1, -0.05) is 24.6 Å². The van der Waals surface area contributed by atoms with Crippen LogP contribution in [0.15, 0.2) is 18.2 Å². The number of nitrogens with zero attached hydrogens (tertiary/aromatic N) is 1. The molecule has 1 N–H and O–H groups in total. The molecule has 1 rings (SSSR count). The molecule has 0 aliphatic heterocycles. The number of alkyl halides is 3. The molecular formula is C13H17ClF3NO. The molecule has 108 valence electrons. The summed E-state index contributed by atoms with van der Waals surface area (Å²) in [4.78, 5) is 1.20. The largest absolute Gasteiger partial charge is 0.405 e. The highest BCUT2D eigenvalue weighted by molar-refractivity contribution is 6.33. The predicted molar refractivity (Wildman–Crippen MR) is 70.6 cm³/mol. The number of halogens is 4. The van der Waals surface area contributed by atoms with Crippen molar-refractivity contribution in [3.8, 4) is 0 Å². The second-order valence-electron chi connectivity index (χ2n) is 4.42. The van der Waals surface area contributed by atoms with Crippen LogP contribution in [0.4, 0.5) is 18.9 Å². The van der Waals surface area contributed by atoms with Gasteiger partial charge in [0.05, 0.1) is 16.8 Å². The van der Waals surface area contributed by atoms with Crippen molar-refractivity contribution in [2.24, 2.45) is 0 Å². The maximum absolute atomic E-state index is 12.5. The average Bonchev–Trinajstić information content (AvgIpc) is 2.26. The molecular weight excluding hydrogens is 279 g/mol. The molecule has 0 saturated heterocycles. The molecule has 1 unspecified atom stereocenters. The van der Waals surface area contributed by atoms with Gasteiger partial charge in [-0.15, -0.1) is 0 Å². The van der Waals surface area contributed by atoms with E-state index in [2.05, 4.69) is 0 Å². The number of benzene rings is 1. The maximum atomic E-state index is 12.5. The van der Waals surface area contributed by atoms with E-state index in [9.17, 15) is 18.3 Å². The van der Waals surface area contributed by atoms with Gasteiger partial charge in [0.25, 0.3) is 0 Å². The minimum absolute atomic E-state index is 0.219. The predicted octanol–water partition coefficient (Wildman–Crippen LogP) is 4.17. The number of aliphatic hydroxyl groups is 1. The Bertz CT molecular complexity index is 421. The van der Waals surface area contributed by atoms with E-state index in [1.807, 2.05) is 0 Å². The topological polar surface area (TPSA) is 23.5 Å². The summed E-state index contributed by atoms with van der Waals surface area (Å²) in [5.74, 6) is 0. The molecule has 0 aromatic heterocycles. The summed E-state index contributed by atoms with van der Waals surface area (Å²) in [6, 6.07) is 4.61. The Labute approximate surface area is 115 Å². The molecule has 1 aromatic carbocycles. The molecule has 1 aromatic rings. The minimum Gasteiger partial charge on any atom is -0.389 e. The van der Waals surface area contributed by atoms with Gasteiger partial charge in [-0.25, -0.2) is 0 Å². The SMILES string of the molecule is CCCN(CC(F)(F)F)c1ccc(C(C)O)cc1Cl. The first kappa shape index (κ1) is 16.1. The van der Waals surface area contributed by atoms with Gasteiger partial charge in [0.2, 0.25) is 0 Å². The molecule has 0 spiro atoms. The van der Waals surface area contributed by atoms with E-state index in [0.29, 0.717) is 17.7 Å². The fourth-order valence-electron chi connectivity index (χ4n) is 1.81. The first-order valence-corrected chi connectivity index (χ1v) is 6.41. The van der Waals surface area contributed by atoms with Gasteiger partial charge in [0.15, 0.2) is 0 Å². The van der Waals surface area contributed by atoms with Crippen LogP contribution in [0.5, 0.6) is 0 Å². The maximum Gasteiger partial charge on any atom is 0.405 e. The fourth-order valence-corrected chi connectivity index (χ4v) is 2.12. The van der Waals surface area contributed by atoms with E-state index in [1.165, 1.54) is 17.0 Å². The second-order valence-corrected chi connectivity index (χ2v) is 4.83. The number of hydrogen-bond donors (Lipinski definition) is 1. The summed E-state index contributed by atoms with van der Waals surface area (Å²) in [7, 11) is 0. The summed E-state index contributed by atoms with van der Waals surface area (Å²) in [6.07, 6.45) is -4.39. The lowest BCUT2D eigenvalue weighted by molar-refractivity contribution is -0.119. The van der Waals surface area contributed by atoms with E-state index >= 15 is 0 Å². The summed E-state index contributed by atoms with van der Waals surface area (Å²) in [6.45, 7) is 2.62. The summed E-state index contributed by atoms with van der Waals surface area (Å²) >= 11 is 6.01. The van der Waals surface area contributed by atoms with Crippen LogP contribution in [-0.4, -0.2) is 24.4 Å². The fraction of sp³-hybridized carbons (Fsp3) is 0.538. The number of aliphatic hydroxyl groups excluding tert-OH is 1. The normalized spacial score (nSPS) is 13.4. The molecule has 6 heteroatoms. The highest BCUT2D eigenvalue weighted by atomic mass is 35.5. The van der Waals surface area contributed by atoms with Crippen LogP contribution >= 0.6 is 11.6 Å². The van der Waals surface area contributed by atoms with Crippen LogP contribution in [0.3, 0.4) is 0 Å². The zero-order valence-electron chi connectivity index (χ0n) is 10.8. The monoisotopic (exact) mass is 295 g/mol. The number of rotatable bonds is 5. The first-order valence-electron chi connectivity index (χ1n) is 6.03. The van der Waals surface area contributed by atoms with Crippen LogP contribution in [0.2, 0.25) is 5.02 Å². The molecule has 0 aliphatic rings. The van der Waals surface area contributed by atoms with Crippen molar-refractivity contribution >= 4 is 17.3 Å². The molecule has 2 nitrogen and oxygen atoms in total. The highest BCUT2D eigenvalue weighted by Gasteiger charge is 2.31. The molecule has 0 amide bonds. The molecule has 19 heavy (non-hydrogen) atoms. The zero-order valence-corrected chi connectivity index (χ0v) is 11.6. The van der Waals surface area contributed by atoms with Crippen LogP contribution in [0.25, 0.3) is 0 Å². The summed E-state index contributed by atoms with van der Waals surface area (Å²) in [5, 5.41) is 9.63. The van der Waals surface area contributed by atoms with Gasteiger partial charge in [0.1, 0.15) is 6.54 Å². The summed E-state index contributed by atoms with van der Waals surface area (Å²) in [5.41, 5.74) is 0.919. The van der Waals surface area contributed by atoms with E-state index in [-0.39, 0.29) is 11.6 Å². The molecule has 0 fully saturated rings. The summed E-state index contributed by atoms with van der Waals surface area (Å²) < 4.78 is 37.6. The molecule has 0 radical (unpaired) electrons. The van der Waals surface area contributed by atoms with Gasteiger partial charge in [0, 0.05) is 6.54 Å². The lowest BCUT2D eigenvalue weighted by atomic mass is 10.1. The third kappa shape index (κ3) is 4.91. The van der Waals surface area contributed by atoms with Crippen molar-refractivity contribution in [1.29, 1.82) is 0 Å². The zero-order chi connectivity index (χ0) is 14.6. The van der Waals surface area contributed by atoms with Gasteiger partial charge < -0.3 is 10.0 Å². The van der Waals surface area contributed by atoms with E-state index in [4.69, 9.17) is 11.6 Å². The van der Waals surface area contributed by atoms with Crippen LogP contribution in [0.1, 0.15) is 31.9 Å². The Balaban J connectivity index is 3.02. The Morgan fingerprint density at radius 1 is 1.37 bits per heavy atom. The van der Waals surface area contributed by atoms with Crippen LogP contribution in [-0.2, 0) is 0 Å². The average molecular weight is 296 g/mol. The Morgan fingerprint density at radius 2 is 2.00 bits per heavy atom. The van der Waals surface area contributed by atoms with E-state index < -0.39 is 18.8 Å². The van der Waals surface area contributed by atoms with Crippen molar-refractivity contribution in [2.75, 3.05) is 18.0 Å². The van der Waals surface area contributed by atoms with Gasteiger partial charge in [-0.3, -0.25) is 0 Å². The van der Waals surface area contributed by atoms with Gasteiger partial charge >= 0.3 is 6.18 Å². The third-order valence-electron chi connectivity index (χ3n) is 2.66. The number of anilines is 1. The van der Waals surface area contributed by atoms with E-state index in [1.54, 1.807) is 19.9 Å². The quantitative estimate of drug-likeness (QED) is 0.881. The van der Waals surface area contributed by atoms with E-state index in [0.717, 1.165) is 0 Å². The Hall–Kier alpha value is -0.940. The van der Waals surface area contributed by atoms with Gasteiger partial charge in [-0.05, 0) is 31.0 Å². The number of hydrogen-bond acceptors (Lipinski definition) is 2. The van der Waals surface area contributed by atoms with Gasteiger partial charge in [-0.2, -0.15) is 13.2 Å². The van der Waals surface area contributed by atoms with Crippen molar-refractivity contribution < 1.29 is 18.3 Å². The molecule has 0 aliphatic carbocycles. The van der Waals surface area contributed by atoms with Crippen molar-refractivity contribution in [3.05, 3.63) is 28.8 Å². The molecule has 0 bridgehead atoms. The lowest BCUT2D eigenvalue weighted by Gasteiger charge is -2.26. The molecule has 1 atom stereocenters. The molecule has 0 saturated carbocycles. The van der Waals surface area contributed by atoms with Crippen LogP contribution < -0.4 is 4.90 Å². The van der Waals surface area contributed by atoms with Crippen molar-refractivity contribution in [3.63, 3.8) is 0 Å². The lowest BCUT2D eigenvalue weighted by Crippen LogP contribution is -2.35. The Kier molecular flexibility index (Phi) is 5.50. The van der Waals surface area contributed by atoms with Crippen molar-refractivity contribution in [1.82, 2.24) is 0 Å². The smallest absolute Gasteiger partial charge is 0.389 e. The third-order valence-corrected chi connectivity index (χ3v) is 2.96.